The van der Waals surface area contributed by atoms with Gasteiger partial charge in [0.25, 0.3) is 5.56 Å². The van der Waals surface area contributed by atoms with Crippen molar-refractivity contribution in [3.8, 4) is 23.1 Å². The summed E-state index contributed by atoms with van der Waals surface area (Å²) in [6, 6.07) is 23.8. The van der Waals surface area contributed by atoms with E-state index >= 15 is 0 Å². The van der Waals surface area contributed by atoms with E-state index in [2.05, 4.69) is 21.0 Å². The molecule has 0 aliphatic heterocycles. The van der Waals surface area contributed by atoms with Gasteiger partial charge in [0.05, 0.1) is 28.2 Å². The molecule has 2 heterocycles. The van der Waals surface area contributed by atoms with Crippen LogP contribution >= 0.6 is 27.5 Å². The summed E-state index contributed by atoms with van der Waals surface area (Å²) in [5, 5.41) is 6.29. The Labute approximate surface area is 252 Å². The predicted molar refractivity (Wildman–Crippen MR) is 165 cm³/mol. The second-order valence-corrected chi connectivity index (χ2v) is 10.6. The van der Waals surface area contributed by atoms with Gasteiger partial charge >= 0.3 is 0 Å². The van der Waals surface area contributed by atoms with E-state index in [1.54, 1.807) is 66.7 Å². The zero-order valence-corrected chi connectivity index (χ0v) is 24.5. The quantitative estimate of drug-likeness (QED) is 0.156. The number of furan rings is 1. The lowest BCUT2D eigenvalue weighted by atomic mass is 10.2. The summed E-state index contributed by atoms with van der Waals surface area (Å²) in [7, 11) is 0. The minimum Gasteiger partial charge on any atom is -0.490 e. The molecule has 0 radical (unpaired) electrons. The van der Waals surface area contributed by atoms with Gasteiger partial charge in [0, 0.05) is 10.4 Å². The average molecular weight is 647 g/mol. The molecule has 6 rings (SSSR count). The number of halogens is 3. The van der Waals surface area contributed by atoms with Crippen LogP contribution in [0.2, 0.25) is 5.02 Å². The first-order chi connectivity index (χ1) is 20.4. The van der Waals surface area contributed by atoms with Gasteiger partial charge in [-0.25, -0.2) is 9.37 Å². The molecule has 0 unspecified atom stereocenters. The maximum Gasteiger partial charge on any atom is 0.282 e. The molecule has 6 aromatic rings. The third-order valence-electron chi connectivity index (χ3n) is 6.38. The topological polar surface area (TPSA) is 78.9 Å². The van der Waals surface area contributed by atoms with Crippen LogP contribution in [0.25, 0.3) is 33.5 Å². The summed E-state index contributed by atoms with van der Waals surface area (Å²) in [5.41, 5.74) is 2.07. The van der Waals surface area contributed by atoms with E-state index in [0.717, 1.165) is 5.39 Å². The van der Waals surface area contributed by atoms with E-state index in [1.165, 1.54) is 23.0 Å². The zero-order valence-electron chi connectivity index (χ0n) is 22.2. The van der Waals surface area contributed by atoms with Crippen LogP contribution in [0.15, 0.2) is 104 Å². The Bertz CT molecular complexity index is 2040. The fourth-order valence-electron chi connectivity index (χ4n) is 4.49. The van der Waals surface area contributed by atoms with E-state index in [1.807, 2.05) is 13.0 Å². The highest BCUT2D eigenvalue weighted by atomic mass is 79.9. The first-order valence-corrected chi connectivity index (χ1v) is 14.2. The molecule has 2 aromatic heterocycles. The number of nitrogens with zero attached hydrogens (tertiary/aromatic N) is 3. The third-order valence-corrected chi connectivity index (χ3v) is 7.20. The van der Waals surface area contributed by atoms with Crippen molar-refractivity contribution in [3.05, 3.63) is 122 Å². The highest BCUT2D eigenvalue weighted by molar-refractivity contribution is 9.10. The van der Waals surface area contributed by atoms with Crippen LogP contribution in [-0.4, -0.2) is 22.5 Å². The Morgan fingerprint density at radius 1 is 1.05 bits per heavy atom. The molecule has 0 amide bonds. The van der Waals surface area contributed by atoms with Gasteiger partial charge in [0.2, 0.25) is 5.82 Å². The summed E-state index contributed by atoms with van der Waals surface area (Å²) in [6.45, 7) is 2.39. The summed E-state index contributed by atoms with van der Waals surface area (Å²) in [5.74, 6) is 1.19. The summed E-state index contributed by atoms with van der Waals surface area (Å²) in [6.07, 6.45) is 1.53. The third kappa shape index (κ3) is 5.66. The van der Waals surface area contributed by atoms with Gasteiger partial charge < -0.3 is 13.9 Å². The molecule has 210 valence electrons. The van der Waals surface area contributed by atoms with Gasteiger partial charge in [0.1, 0.15) is 18.0 Å². The Kier molecular flexibility index (Phi) is 7.78. The van der Waals surface area contributed by atoms with Crippen LogP contribution in [0.4, 0.5) is 4.39 Å². The monoisotopic (exact) mass is 645 g/mol. The lowest BCUT2D eigenvalue weighted by Gasteiger charge is -2.15. The Morgan fingerprint density at radius 2 is 1.90 bits per heavy atom. The SMILES string of the molecule is CCOc1cc(C=Nn2c(-c3cc4cc(Cl)ccc4o3)nc3ccccc3c2=O)cc(Br)c1OCc1cccc(F)c1. The molecule has 0 N–H and O–H groups in total. The number of hydrogen-bond acceptors (Lipinski definition) is 6. The number of aromatic nitrogens is 2. The number of fused-ring (bicyclic) bond motifs is 2. The summed E-state index contributed by atoms with van der Waals surface area (Å²) in [4.78, 5) is 18.3. The van der Waals surface area contributed by atoms with E-state index in [-0.39, 0.29) is 23.8 Å². The molecule has 0 aliphatic carbocycles. The molecule has 0 atom stereocenters. The molecule has 4 aromatic carbocycles. The van der Waals surface area contributed by atoms with Crippen LogP contribution in [-0.2, 0) is 6.61 Å². The van der Waals surface area contributed by atoms with Crippen molar-refractivity contribution in [3.63, 3.8) is 0 Å². The van der Waals surface area contributed by atoms with Crippen molar-refractivity contribution >= 4 is 55.6 Å². The van der Waals surface area contributed by atoms with Gasteiger partial charge in [-0.1, -0.05) is 35.9 Å². The summed E-state index contributed by atoms with van der Waals surface area (Å²) < 4.78 is 33.3. The van der Waals surface area contributed by atoms with E-state index in [0.29, 0.717) is 61.0 Å². The van der Waals surface area contributed by atoms with E-state index < -0.39 is 0 Å². The van der Waals surface area contributed by atoms with Crippen molar-refractivity contribution in [2.24, 2.45) is 5.10 Å². The molecule has 0 bridgehead atoms. The van der Waals surface area contributed by atoms with Gasteiger partial charge in [-0.05, 0) is 94.6 Å². The predicted octanol–water partition coefficient (Wildman–Crippen LogP) is 8.22. The van der Waals surface area contributed by atoms with Crippen molar-refractivity contribution in [2.75, 3.05) is 6.61 Å². The number of benzene rings is 4. The number of rotatable bonds is 8. The number of hydrogen-bond donors (Lipinski definition) is 0. The fraction of sp³-hybridized carbons (Fsp3) is 0.0938. The highest BCUT2D eigenvalue weighted by Gasteiger charge is 2.17. The summed E-state index contributed by atoms with van der Waals surface area (Å²) >= 11 is 9.73. The molecule has 10 heteroatoms. The van der Waals surface area contributed by atoms with Crippen molar-refractivity contribution in [2.45, 2.75) is 13.5 Å². The van der Waals surface area contributed by atoms with Gasteiger partial charge in [-0.15, -0.1) is 0 Å². The standard InChI is InChI=1S/C32H22BrClFN3O4/c1-2-40-28-14-20(13-25(33)30(28)41-18-19-6-5-7-23(35)12-19)17-36-38-31(37-26-9-4-3-8-24(26)32(38)39)29-16-21-15-22(34)10-11-27(21)42-29/h3-17H,2,18H2,1H3. The molecule has 42 heavy (non-hydrogen) atoms. The molecule has 7 nitrogen and oxygen atoms in total. The van der Waals surface area contributed by atoms with Crippen molar-refractivity contribution in [1.29, 1.82) is 0 Å². The minimum absolute atomic E-state index is 0.147. The highest BCUT2D eigenvalue weighted by Crippen LogP contribution is 2.37. The average Bonchev–Trinajstić information content (AvgIpc) is 3.39. The molecule has 0 saturated heterocycles. The molecule has 0 fully saturated rings. The first-order valence-electron chi connectivity index (χ1n) is 13.0. The first kappa shape index (κ1) is 27.7. The Hall–Kier alpha value is -4.47. The van der Waals surface area contributed by atoms with Crippen LogP contribution < -0.4 is 15.0 Å². The Morgan fingerprint density at radius 3 is 2.74 bits per heavy atom. The minimum atomic E-state index is -0.357. The van der Waals surface area contributed by atoms with Crippen LogP contribution in [0, 0.1) is 5.82 Å². The smallest absolute Gasteiger partial charge is 0.282 e. The lowest BCUT2D eigenvalue weighted by molar-refractivity contribution is 0.267. The van der Waals surface area contributed by atoms with Crippen molar-refractivity contribution in [1.82, 2.24) is 9.66 Å². The van der Waals surface area contributed by atoms with Crippen molar-refractivity contribution < 1.29 is 18.3 Å². The molecular weight excluding hydrogens is 625 g/mol. The molecular formula is C32H22BrClFN3O4. The second-order valence-electron chi connectivity index (χ2n) is 9.29. The second kappa shape index (κ2) is 11.8. The van der Waals surface area contributed by atoms with Crippen LogP contribution in [0.3, 0.4) is 0 Å². The molecule has 0 aliphatic rings. The van der Waals surface area contributed by atoms with Gasteiger partial charge in [-0.3, -0.25) is 4.79 Å². The maximum atomic E-state index is 13.6. The number of para-hydroxylation sites is 1. The largest absolute Gasteiger partial charge is 0.490 e. The zero-order chi connectivity index (χ0) is 29.2. The lowest BCUT2D eigenvalue weighted by Crippen LogP contribution is -2.20. The van der Waals surface area contributed by atoms with Gasteiger partial charge in [-0.2, -0.15) is 9.78 Å². The molecule has 0 saturated carbocycles. The van der Waals surface area contributed by atoms with Crippen LogP contribution in [0.5, 0.6) is 11.5 Å². The fourth-order valence-corrected chi connectivity index (χ4v) is 5.24. The molecule has 0 spiro atoms. The van der Waals surface area contributed by atoms with Crippen LogP contribution in [0.1, 0.15) is 18.1 Å². The number of ether oxygens (including phenoxy) is 2. The Balaban J connectivity index is 1.40. The normalized spacial score (nSPS) is 11.5. The van der Waals surface area contributed by atoms with Gasteiger partial charge in [0.15, 0.2) is 17.3 Å². The van der Waals surface area contributed by atoms with E-state index in [9.17, 15) is 9.18 Å². The van der Waals surface area contributed by atoms with E-state index in [4.69, 9.17) is 30.5 Å². The maximum absolute atomic E-state index is 13.6.